The second kappa shape index (κ2) is 4.73. The molecule has 2 rings (SSSR count). The van der Waals surface area contributed by atoms with Crippen molar-refractivity contribution < 1.29 is 5.11 Å². The molecule has 90 valence electrons. The van der Waals surface area contributed by atoms with Crippen molar-refractivity contribution in [2.75, 3.05) is 0 Å². The Hall–Kier alpha value is -0.960. The molecule has 0 aliphatic carbocycles. The Morgan fingerprint density at radius 1 is 1.18 bits per heavy atom. The molecule has 1 atom stereocenters. The van der Waals surface area contributed by atoms with Gasteiger partial charge in [-0.2, -0.15) is 0 Å². The maximum absolute atomic E-state index is 10.3. The predicted molar refractivity (Wildman–Crippen MR) is 70.8 cm³/mol. The first-order valence-electron chi connectivity index (χ1n) is 5.28. The Labute approximate surface area is 110 Å². The summed E-state index contributed by atoms with van der Waals surface area (Å²) >= 11 is 11.8. The molecule has 17 heavy (non-hydrogen) atoms. The van der Waals surface area contributed by atoms with Gasteiger partial charge >= 0.3 is 0 Å². The summed E-state index contributed by atoms with van der Waals surface area (Å²) in [5.41, 5.74) is 3.70. The van der Waals surface area contributed by atoms with Crippen molar-refractivity contribution >= 4 is 23.2 Å². The third-order valence-electron chi connectivity index (χ3n) is 2.97. The van der Waals surface area contributed by atoms with Gasteiger partial charge in [0.05, 0.1) is 15.7 Å². The maximum Gasteiger partial charge on any atom is 0.119 e. The molecule has 0 amide bonds. The highest BCUT2D eigenvalue weighted by atomic mass is 35.5. The number of rotatable bonds is 2. The molecule has 0 aliphatic heterocycles. The molecular formula is C13H13Cl2NO. The van der Waals surface area contributed by atoms with E-state index in [-0.39, 0.29) is 0 Å². The molecule has 2 nitrogen and oxygen atoms in total. The summed E-state index contributed by atoms with van der Waals surface area (Å²) in [5.74, 6) is 0. The average Bonchev–Trinajstić information content (AvgIpc) is 2.63. The standard InChI is InChI=1S/C13H13Cl2NO/c1-7-6-16-12(8(7)2)13(17)9-3-4-10(14)11(15)5-9/h3-6,13,16-17H,1-2H3. The van der Waals surface area contributed by atoms with Crippen LogP contribution in [0.3, 0.4) is 0 Å². The second-order valence-electron chi connectivity index (χ2n) is 4.09. The fraction of sp³-hybridized carbons (Fsp3) is 0.231. The van der Waals surface area contributed by atoms with E-state index in [0.717, 1.165) is 22.4 Å². The van der Waals surface area contributed by atoms with E-state index in [0.29, 0.717) is 10.0 Å². The number of hydrogen-bond donors (Lipinski definition) is 2. The van der Waals surface area contributed by atoms with E-state index in [1.165, 1.54) is 0 Å². The van der Waals surface area contributed by atoms with Crippen LogP contribution in [0.5, 0.6) is 0 Å². The van der Waals surface area contributed by atoms with Gasteiger partial charge in [0.15, 0.2) is 0 Å². The molecule has 4 heteroatoms. The normalized spacial score (nSPS) is 12.8. The van der Waals surface area contributed by atoms with Crippen LogP contribution in [0.25, 0.3) is 0 Å². The van der Waals surface area contributed by atoms with E-state index in [2.05, 4.69) is 4.98 Å². The Balaban J connectivity index is 2.40. The third kappa shape index (κ3) is 2.34. The van der Waals surface area contributed by atoms with Crippen LogP contribution in [0.1, 0.15) is 28.5 Å². The van der Waals surface area contributed by atoms with Gasteiger partial charge in [0.1, 0.15) is 6.10 Å². The summed E-state index contributed by atoms with van der Waals surface area (Å²) in [6, 6.07) is 5.15. The lowest BCUT2D eigenvalue weighted by Crippen LogP contribution is -2.02. The lowest BCUT2D eigenvalue weighted by Gasteiger charge is -2.12. The first kappa shape index (κ1) is 12.5. The number of aliphatic hydroxyl groups is 1. The van der Waals surface area contributed by atoms with Gasteiger partial charge in [0.2, 0.25) is 0 Å². The van der Waals surface area contributed by atoms with E-state index in [1.54, 1.807) is 18.2 Å². The summed E-state index contributed by atoms with van der Waals surface area (Å²) in [6.45, 7) is 3.97. The molecule has 0 spiro atoms. The number of aryl methyl sites for hydroxylation is 1. The Morgan fingerprint density at radius 3 is 2.41 bits per heavy atom. The fourth-order valence-electron chi connectivity index (χ4n) is 1.75. The van der Waals surface area contributed by atoms with Gasteiger partial charge in [-0.05, 0) is 42.7 Å². The summed E-state index contributed by atoms with van der Waals surface area (Å²) in [4.78, 5) is 3.08. The minimum atomic E-state index is -0.710. The molecule has 0 saturated heterocycles. The number of halogens is 2. The molecule has 1 aromatic carbocycles. The first-order chi connectivity index (χ1) is 8.00. The number of hydrogen-bond acceptors (Lipinski definition) is 1. The SMILES string of the molecule is Cc1c[nH]c(C(O)c2ccc(Cl)c(Cl)c2)c1C. The molecule has 2 N–H and O–H groups in total. The molecule has 0 fully saturated rings. The van der Waals surface area contributed by atoms with E-state index in [1.807, 2.05) is 20.0 Å². The molecular weight excluding hydrogens is 257 g/mol. The Bertz CT molecular complexity index is 548. The Kier molecular flexibility index (Phi) is 3.48. The zero-order valence-electron chi connectivity index (χ0n) is 9.59. The maximum atomic E-state index is 10.3. The van der Waals surface area contributed by atoms with Gasteiger partial charge in [-0.1, -0.05) is 29.3 Å². The van der Waals surface area contributed by atoms with Crippen LogP contribution >= 0.6 is 23.2 Å². The lowest BCUT2D eigenvalue weighted by molar-refractivity contribution is 0.215. The van der Waals surface area contributed by atoms with Crippen molar-refractivity contribution in [2.45, 2.75) is 20.0 Å². The predicted octanol–water partition coefficient (Wildman–Crippen LogP) is 4.02. The largest absolute Gasteiger partial charge is 0.382 e. The second-order valence-corrected chi connectivity index (χ2v) is 4.90. The van der Waals surface area contributed by atoms with E-state index in [4.69, 9.17) is 23.2 Å². The van der Waals surface area contributed by atoms with Crippen LogP contribution in [-0.2, 0) is 0 Å². The number of aromatic nitrogens is 1. The number of aromatic amines is 1. The van der Waals surface area contributed by atoms with Gasteiger partial charge in [0.25, 0.3) is 0 Å². The van der Waals surface area contributed by atoms with Crippen LogP contribution in [0.4, 0.5) is 0 Å². The molecule has 0 bridgehead atoms. The molecule has 0 aliphatic rings. The van der Waals surface area contributed by atoms with Crippen LogP contribution in [0.2, 0.25) is 10.0 Å². The number of aliphatic hydroxyl groups excluding tert-OH is 1. The van der Waals surface area contributed by atoms with Gasteiger partial charge in [-0.15, -0.1) is 0 Å². The third-order valence-corrected chi connectivity index (χ3v) is 3.71. The smallest absolute Gasteiger partial charge is 0.119 e. The molecule has 1 aromatic heterocycles. The summed E-state index contributed by atoms with van der Waals surface area (Å²) < 4.78 is 0. The topological polar surface area (TPSA) is 36.0 Å². The van der Waals surface area contributed by atoms with E-state index in [9.17, 15) is 5.11 Å². The van der Waals surface area contributed by atoms with E-state index >= 15 is 0 Å². The van der Waals surface area contributed by atoms with Crippen molar-refractivity contribution in [3.8, 4) is 0 Å². The van der Waals surface area contributed by atoms with Gasteiger partial charge in [-0.3, -0.25) is 0 Å². The van der Waals surface area contributed by atoms with Crippen molar-refractivity contribution in [1.82, 2.24) is 4.98 Å². The highest BCUT2D eigenvalue weighted by Crippen LogP contribution is 2.30. The van der Waals surface area contributed by atoms with Crippen LogP contribution in [0.15, 0.2) is 24.4 Å². The molecule has 1 unspecified atom stereocenters. The minimum absolute atomic E-state index is 0.448. The zero-order chi connectivity index (χ0) is 12.6. The van der Waals surface area contributed by atoms with Crippen molar-refractivity contribution in [2.24, 2.45) is 0 Å². The van der Waals surface area contributed by atoms with Crippen LogP contribution in [0, 0.1) is 13.8 Å². The van der Waals surface area contributed by atoms with E-state index < -0.39 is 6.10 Å². The molecule has 0 saturated carbocycles. The van der Waals surface area contributed by atoms with Crippen LogP contribution in [-0.4, -0.2) is 10.1 Å². The monoisotopic (exact) mass is 269 g/mol. The van der Waals surface area contributed by atoms with Gasteiger partial charge in [0, 0.05) is 6.20 Å². The minimum Gasteiger partial charge on any atom is -0.382 e. The number of benzene rings is 1. The van der Waals surface area contributed by atoms with Crippen molar-refractivity contribution in [3.63, 3.8) is 0 Å². The zero-order valence-corrected chi connectivity index (χ0v) is 11.1. The van der Waals surface area contributed by atoms with Crippen molar-refractivity contribution in [3.05, 3.63) is 56.8 Å². The Morgan fingerprint density at radius 2 is 1.88 bits per heavy atom. The van der Waals surface area contributed by atoms with Gasteiger partial charge < -0.3 is 10.1 Å². The number of H-pyrrole nitrogens is 1. The summed E-state index contributed by atoms with van der Waals surface area (Å²) in [6.07, 6.45) is 1.17. The number of nitrogens with one attached hydrogen (secondary N) is 1. The quantitative estimate of drug-likeness (QED) is 0.849. The molecule has 1 heterocycles. The van der Waals surface area contributed by atoms with Gasteiger partial charge in [-0.25, -0.2) is 0 Å². The molecule has 2 aromatic rings. The first-order valence-corrected chi connectivity index (χ1v) is 6.03. The summed E-state index contributed by atoms with van der Waals surface area (Å²) in [7, 11) is 0. The highest BCUT2D eigenvalue weighted by molar-refractivity contribution is 6.42. The molecule has 0 radical (unpaired) electrons. The summed E-state index contributed by atoms with van der Waals surface area (Å²) in [5, 5.41) is 11.2. The van der Waals surface area contributed by atoms with Crippen LogP contribution < -0.4 is 0 Å². The fourth-order valence-corrected chi connectivity index (χ4v) is 2.05. The highest BCUT2D eigenvalue weighted by Gasteiger charge is 2.16. The average molecular weight is 270 g/mol. The van der Waals surface area contributed by atoms with Crippen molar-refractivity contribution in [1.29, 1.82) is 0 Å². The lowest BCUT2D eigenvalue weighted by atomic mass is 10.0.